The maximum Gasteiger partial charge on any atom is 0.169 e. The molecule has 4 heteroatoms. The van der Waals surface area contributed by atoms with E-state index in [1.54, 1.807) is 17.1 Å². The van der Waals surface area contributed by atoms with Crippen molar-refractivity contribution in [1.29, 1.82) is 0 Å². The molecule has 2 rings (SSSR count). The van der Waals surface area contributed by atoms with Gasteiger partial charge in [0, 0.05) is 31.5 Å². The van der Waals surface area contributed by atoms with E-state index >= 15 is 0 Å². The molecule has 80 valence electrons. The largest absolute Gasteiger partial charge is 0.300 e. The number of carbonyl (C=O) groups is 2. The van der Waals surface area contributed by atoms with E-state index in [0.29, 0.717) is 24.8 Å². The summed E-state index contributed by atoms with van der Waals surface area (Å²) in [7, 11) is 0. The van der Waals surface area contributed by atoms with Crippen LogP contribution in [0.25, 0.3) is 0 Å². The van der Waals surface area contributed by atoms with Gasteiger partial charge in [-0.05, 0) is 13.3 Å². The number of carbonyl (C=O) groups excluding carboxylic acids is 2. The van der Waals surface area contributed by atoms with Gasteiger partial charge in [0.25, 0.3) is 0 Å². The lowest BCUT2D eigenvalue weighted by atomic mass is 9.99. The molecule has 0 radical (unpaired) electrons. The van der Waals surface area contributed by atoms with Crippen molar-refractivity contribution in [2.24, 2.45) is 5.92 Å². The second kappa shape index (κ2) is 3.96. The average molecular weight is 206 g/mol. The maximum absolute atomic E-state index is 11.9. The smallest absolute Gasteiger partial charge is 0.169 e. The van der Waals surface area contributed by atoms with Gasteiger partial charge in [-0.3, -0.25) is 14.3 Å². The third-order valence-electron chi connectivity index (χ3n) is 2.86. The van der Waals surface area contributed by atoms with Crippen LogP contribution in [-0.4, -0.2) is 21.3 Å². The molecule has 0 N–H and O–H groups in total. The van der Waals surface area contributed by atoms with Gasteiger partial charge in [0.1, 0.15) is 5.78 Å². The van der Waals surface area contributed by atoms with E-state index < -0.39 is 0 Å². The van der Waals surface area contributed by atoms with Gasteiger partial charge in [0.05, 0.1) is 11.8 Å². The van der Waals surface area contributed by atoms with Crippen LogP contribution in [0, 0.1) is 5.92 Å². The molecular formula is C11H14N2O2. The van der Waals surface area contributed by atoms with Crippen molar-refractivity contribution in [3.63, 3.8) is 0 Å². The summed E-state index contributed by atoms with van der Waals surface area (Å²) in [6.07, 6.45) is 5.02. The van der Waals surface area contributed by atoms with Gasteiger partial charge < -0.3 is 0 Å². The summed E-state index contributed by atoms with van der Waals surface area (Å²) in [5, 5.41) is 4.06. The van der Waals surface area contributed by atoms with Crippen LogP contribution in [0.1, 0.15) is 36.5 Å². The monoisotopic (exact) mass is 206 g/mol. The fourth-order valence-corrected chi connectivity index (χ4v) is 1.94. The van der Waals surface area contributed by atoms with E-state index in [1.807, 2.05) is 6.92 Å². The Balaban J connectivity index is 2.10. The summed E-state index contributed by atoms with van der Waals surface area (Å²) in [6, 6.07) is 0. The van der Waals surface area contributed by atoms with Crippen molar-refractivity contribution < 1.29 is 9.59 Å². The quantitative estimate of drug-likeness (QED) is 0.703. The Hall–Kier alpha value is -1.45. The fourth-order valence-electron chi connectivity index (χ4n) is 1.94. The summed E-state index contributed by atoms with van der Waals surface area (Å²) in [5.41, 5.74) is 0.636. The highest BCUT2D eigenvalue weighted by molar-refractivity contribution is 6.01. The second-order valence-corrected chi connectivity index (χ2v) is 3.93. The van der Waals surface area contributed by atoms with E-state index in [0.717, 1.165) is 6.54 Å². The SMILES string of the molecule is CCn1cc(C(=O)C2CCC(=O)C2)cn1. The molecule has 1 aliphatic rings. The van der Waals surface area contributed by atoms with Crippen molar-refractivity contribution in [3.05, 3.63) is 18.0 Å². The molecule has 1 aliphatic carbocycles. The first-order chi connectivity index (χ1) is 7.20. The molecule has 0 aliphatic heterocycles. The Bertz CT molecular complexity index is 395. The van der Waals surface area contributed by atoms with Crippen LogP contribution < -0.4 is 0 Å². The molecule has 1 aromatic heterocycles. The number of rotatable bonds is 3. The van der Waals surface area contributed by atoms with Gasteiger partial charge in [-0.25, -0.2) is 0 Å². The maximum atomic E-state index is 11.9. The van der Waals surface area contributed by atoms with Crippen molar-refractivity contribution in [1.82, 2.24) is 9.78 Å². The summed E-state index contributed by atoms with van der Waals surface area (Å²) in [5.74, 6) is 0.170. The molecular weight excluding hydrogens is 192 g/mol. The van der Waals surface area contributed by atoms with E-state index in [4.69, 9.17) is 0 Å². The highest BCUT2D eigenvalue weighted by Gasteiger charge is 2.29. The van der Waals surface area contributed by atoms with Gasteiger partial charge in [0.15, 0.2) is 5.78 Å². The highest BCUT2D eigenvalue weighted by Crippen LogP contribution is 2.25. The molecule has 1 aromatic rings. The van der Waals surface area contributed by atoms with Crippen LogP contribution in [0.4, 0.5) is 0 Å². The van der Waals surface area contributed by atoms with Crippen molar-refractivity contribution >= 4 is 11.6 Å². The van der Waals surface area contributed by atoms with Crippen LogP contribution in [-0.2, 0) is 11.3 Å². The molecule has 0 spiro atoms. The molecule has 0 amide bonds. The Morgan fingerprint density at radius 2 is 2.47 bits per heavy atom. The van der Waals surface area contributed by atoms with Crippen molar-refractivity contribution in [2.45, 2.75) is 32.7 Å². The Labute approximate surface area is 88.3 Å². The lowest BCUT2D eigenvalue weighted by Crippen LogP contribution is -2.11. The third-order valence-corrected chi connectivity index (χ3v) is 2.86. The molecule has 15 heavy (non-hydrogen) atoms. The summed E-state index contributed by atoms with van der Waals surface area (Å²) in [4.78, 5) is 23.0. The molecule has 0 bridgehead atoms. The van der Waals surface area contributed by atoms with E-state index in [9.17, 15) is 9.59 Å². The predicted molar refractivity (Wildman–Crippen MR) is 54.6 cm³/mol. The summed E-state index contributed by atoms with van der Waals surface area (Å²) in [6.45, 7) is 2.73. The van der Waals surface area contributed by atoms with E-state index in [-0.39, 0.29) is 17.5 Å². The number of ketones is 2. The normalized spacial score (nSPS) is 20.9. The van der Waals surface area contributed by atoms with Crippen LogP contribution >= 0.6 is 0 Å². The molecule has 1 unspecified atom stereocenters. The molecule has 1 fully saturated rings. The Morgan fingerprint density at radius 3 is 3.00 bits per heavy atom. The summed E-state index contributed by atoms with van der Waals surface area (Å²) < 4.78 is 1.73. The fraction of sp³-hybridized carbons (Fsp3) is 0.545. The van der Waals surface area contributed by atoms with Gasteiger partial charge in [-0.1, -0.05) is 0 Å². The minimum absolute atomic E-state index is 0.0700. The van der Waals surface area contributed by atoms with Gasteiger partial charge in [-0.2, -0.15) is 5.10 Å². The van der Waals surface area contributed by atoms with Gasteiger partial charge >= 0.3 is 0 Å². The van der Waals surface area contributed by atoms with E-state index in [1.165, 1.54) is 0 Å². The van der Waals surface area contributed by atoms with E-state index in [2.05, 4.69) is 5.10 Å². The average Bonchev–Trinajstić information content (AvgIpc) is 2.84. The van der Waals surface area contributed by atoms with Gasteiger partial charge in [0.2, 0.25) is 0 Å². The van der Waals surface area contributed by atoms with Crippen molar-refractivity contribution in [2.75, 3.05) is 0 Å². The van der Waals surface area contributed by atoms with Crippen LogP contribution in [0.2, 0.25) is 0 Å². The first-order valence-electron chi connectivity index (χ1n) is 5.29. The molecule has 0 saturated heterocycles. The number of nitrogens with zero attached hydrogens (tertiary/aromatic N) is 2. The third kappa shape index (κ3) is 1.98. The number of aromatic nitrogens is 2. The Morgan fingerprint density at radius 1 is 1.67 bits per heavy atom. The van der Waals surface area contributed by atoms with Crippen LogP contribution in [0.15, 0.2) is 12.4 Å². The minimum atomic E-state index is -0.105. The number of Topliss-reactive ketones (excluding diaryl/α,β-unsaturated/α-hetero) is 2. The highest BCUT2D eigenvalue weighted by atomic mass is 16.1. The minimum Gasteiger partial charge on any atom is -0.300 e. The lowest BCUT2D eigenvalue weighted by molar-refractivity contribution is -0.117. The molecule has 1 saturated carbocycles. The van der Waals surface area contributed by atoms with Gasteiger partial charge in [-0.15, -0.1) is 0 Å². The zero-order valence-corrected chi connectivity index (χ0v) is 8.77. The second-order valence-electron chi connectivity index (χ2n) is 3.93. The molecule has 1 atom stereocenters. The zero-order chi connectivity index (χ0) is 10.8. The first-order valence-corrected chi connectivity index (χ1v) is 5.29. The lowest BCUT2D eigenvalue weighted by Gasteiger charge is -2.03. The zero-order valence-electron chi connectivity index (χ0n) is 8.77. The molecule has 4 nitrogen and oxygen atoms in total. The number of hydrogen-bond donors (Lipinski definition) is 0. The van der Waals surface area contributed by atoms with Crippen LogP contribution in [0.3, 0.4) is 0 Å². The number of hydrogen-bond acceptors (Lipinski definition) is 3. The molecule has 1 heterocycles. The topological polar surface area (TPSA) is 52.0 Å². The molecule has 0 aromatic carbocycles. The first kappa shape index (κ1) is 10.1. The number of aryl methyl sites for hydroxylation is 1. The Kier molecular flexibility index (Phi) is 2.66. The summed E-state index contributed by atoms with van der Waals surface area (Å²) >= 11 is 0. The standard InChI is InChI=1S/C11H14N2O2/c1-2-13-7-9(6-12-13)11(15)8-3-4-10(14)5-8/h6-8H,2-5H2,1H3. The predicted octanol–water partition coefficient (Wildman–Crippen LogP) is 1.45. The van der Waals surface area contributed by atoms with Crippen LogP contribution in [0.5, 0.6) is 0 Å². The van der Waals surface area contributed by atoms with Crippen molar-refractivity contribution in [3.8, 4) is 0 Å².